The van der Waals surface area contributed by atoms with E-state index in [4.69, 9.17) is 0 Å². The molecule has 0 radical (unpaired) electrons. The summed E-state index contributed by atoms with van der Waals surface area (Å²) >= 11 is 0. The zero-order chi connectivity index (χ0) is 20.4. The first-order valence-electron chi connectivity index (χ1n) is 9.81. The molecule has 2 aromatic carbocycles. The van der Waals surface area contributed by atoms with Crippen LogP contribution >= 0.6 is 0 Å². The minimum absolute atomic E-state index is 0.101. The van der Waals surface area contributed by atoms with Gasteiger partial charge >= 0.3 is 0 Å². The number of carbonyl (C=O) groups is 1. The standard InChI is InChI=1S/C22H23F2N3O2/c23-17-5-6-19(20(24)11-17)21(25-29)14-26-9-7-15(8-10-26)12-27-13-16-3-1-2-4-18(16)22(27)28/h1-6,11,15,29H,7-10,12-14H2/b25-21+. The molecule has 2 aliphatic heterocycles. The number of benzene rings is 2. The maximum absolute atomic E-state index is 14.0. The number of fused-ring (bicyclic) bond motifs is 1. The number of likely N-dealkylation sites (tertiary alicyclic amines) is 1. The minimum atomic E-state index is -0.736. The Bertz CT molecular complexity index is 939. The smallest absolute Gasteiger partial charge is 0.254 e. The van der Waals surface area contributed by atoms with Crippen LogP contribution in [-0.4, -0.2) is 52.8 Å². The highest BCUT2D eigenvalue weighted by molar-refractivity contribution is 6.02. The van der Waals surface area contributed by atoms with Gasteiger partial charge in [-0.05, 0) is 55.6 Å². The van der Waals surface area contributed by atoms with Crippen molar-refractivity contribution < 1.29 is 18.8 Å². The summed E-state index contributed by atoms with van der Waals surface area (Å²) in [5.74, 6) is -0.895. The van der Waals surface area contributed by atoms with E-state index in [0.29, 0.717) is 19.0 Å². The molecular formula is C22H23F2N3O2. The minimum Gasteiger partial charge on any atom is -0.411 e. The van der Waals surface area contributed by atoms with Gasteiger partial charge in [-0.2, -0.15) is 0 Å². The number of rotatable bonds is 5. The zero-order valence-corrected chi connectivity index (χ0v) is 16.0. The van der Waals surface area contributed by atoms with Gasteiger partial charge in [0.15, 0.2) is 0 Å². The van der Waals surface area contributed by atoms with Crippen molar-refractivity contribution in [1.29, 1.82) is 0 Å². The highest BCUT2D eigenvalue weighted by Gasteiger charge is 2.30. The Morgan fingerprint density at radius 2 is 1.90 bits per heavy atom. The zero-order valence-electron chi connectivity index (χ0n) is 16.0. The van der Waals surface area contributed by atoms with Crippen molar-refractivity contribution in [3.05, 3.63) is 70.8 Å². The summed E-state index contributed by atoms with van der Waals surface area (Å²) in [5, 5.41) is 12.6. The SMILES string of the molecule is O=C1c2ccccc2CN1CC1CCN(C/C(=N\O)c2ccc(F)cc2F)CC1. The van der Waals surface area contributed by atoms with Crippen molar-refractivity contribution in [3.63, 3.8) is 0 Å². The fourth-order valence-electron chi connectivity index (χ4n) is 4.21. The Balaban J connectivity index is 1.31. The van der Waals surface area contributed by atoms with Gasteiger partial charge in [0.2, 0.25) is 0 Å². The molecular weight excluding hydrogens is 376 g/mol. The molecule has 0 unspecified atom stereocenters. The number of amides is 1. The van der Waals surface area contributed by atoms with Crippen LogP contribution in [0.25, 0.3) is 0 Å². The highest BCUT2D eigenvalue weighted by atomic mass is 19.1. The lowest BCUT2D eigenvalue weighted by Gasteiger charge is -2.33. The molecule has 152 valence electrons. The Labute approximate surface area is 168 Å². The number of hydrogen-bond donors (Lipinski definition) is 1. The molecule has 2 aromatic rings. The molecule has 0 atom stereocenters. The molecule has 1 fully saturated rings. The Kier molecular flexibility index (Phi) is 5.58. The molecule has 29 heavy (non-hydrogen) atoms. The maximum Gasteiger partial charge on any atom is 0.254 e. The van der Waals surface area contributed by atoms with Crippen molar-refractivity contribution in [3.8, 4) is 0 Å². The summed E-state index contributed by atoms with van der Waals surface area (Å²) in [7, 11) is 0. The summed E-state index contributed by atoms with van der Waals surface area (Å²) in [6.07, 6.45) is 1.81. The summed E-state index contributed by atoms with van der Waals surface area (Å²) in [5.41, 5.74) is 2.18. The topological polar surface area (TPSA) is 56.1 Å². The van der Waals surface area contributed by atoms with Gasteiger partial charge in [-0.25, -0.2) is 8.78 Å². The third-order valence-corrected chi connectivity index (χ3v) is 5.82. The first kappa shape index (κ1) is 19.5. The van der Waals surface area contributed by atoms with Crippen molar-refractivity contribution in [1.82, 2.24) is 9.80 Å². The van der Waals surface area contributed by atoms with E-state index in [2.05, 4.69) is 10.1 Å². The molecule has 2 aliphatic rings. The van der Waals surface area contributed by atoms with Crippen molar-refractivity contribution in [2.45, 2.75) is 19.4 Å². The predicted octanol–water partition coefficient (Wildman–Crippen LogP) is 3.51. The normalized spacial score (nSPS) is 18.3. The summed E-state index contributed by atoms with van der Waals surface area (Å²) in [6.45, 7) is 3.22. The van der Waals surface area contributed by atoms with E-state index in [1.807, 2.05) is 29.2 Å². The van der Waals surface area contributed by atoms with Crippen LogP contribution in [0.4, 0.5) is 8.78 Å². The second kappa shape index (κ2) is 8.29. The van der Waals surface area contributed by atoms with Gasteiger partial charge in [0, 0.05) is 36.8 Å². The van der Waals surface area contributed by atoms with Crippen LogP contribution in [0, 0.1) is 17.6 Å². The van der Waals surface area contributed by atoms with E-state index in [1.54, 1.807) is 0 Å². The second-order valence-corrected chi connectivity index (χ2v) is 7.73. The van der Waals surface area contributed by atoms with Crippen LogP contribution in [0.2, 0.25) is 0 Å². The molecule has 4 rings (SSSR count). The quantitative estimate of drug-likeness (QED) is 0.476. The van der Waals surface area contributed by atoms with Crippen LogP contribution in [0.3, 0.4) is 0 Å². The Morgan fingerprint density at radius 3 is 2.59 bits per heavy atom. The average Bonchev–Trinajstić information content (AvgIpc) is 3.03. The van der Waals surface area contributed by atoms with Crippen molar-refractivity contribution in [2.75, 3.05) is 26.2 Å². The number of halogens is 2. The van der Waals surface area contributed by atoms with E-state index < -0.39 is 11.6 Å². The molecule has 0 spiro atoms. The first-order valence-corrected chi connectivity index (χ1v) is 9.81. The van der Waals surface area contributed by atoms with E-state index in [9.17, 15) is 18.8 Å². The fourth-order valence-corrected chi connectivity index (χ4v) is 4.21. The van der Waals surface area contributed by atoms with E-state index in [0.717, 1.165) is 55.7 Å². The Morgan fingerprint density at radius 1 is 1.14 bits per heavy atom. The number of oxime groups is 1. The molecule has 1 saturated heterocycles. The van der Waals surface area contributed by atoms with Crippen LogP contribution in [0.1, 0.15) is 34.3 Å². The number of hydrogen-bond acceptors (Lipinski definition) is 4. The number of nitrogens with zero attached hydrogens (tertiary/aromatic N) is 3. The summed E-state index contributed by atoms with van der Waals surface area (Å²) in [6, 6.07) is 11.0. The lowest BCUT2D eigenvalue weighted by Crippen LogP contribution is -2.41. The molecule has 5 nitrogen and oxygen atoms in total. The van der Waals surface area contributed by atoms with Crippen LogP contribution in [0.5, 0.6) is 0 Å². The molecule has 2 heterocycles. The van der Waals surface area contributed by atoms with E-state index >= 15 is 0 Å². The monoisotopic (exact) mass is 399 g/mol. The van der Waals surface area contributed by atoms with Gasteiger partial charge < -0.3 is 10.1 Å². The van der Waals surface area contributed by atoms with Crippen LogP contribution in [-0.2, 0) is 6.54 Å². The van der Waals surface area contributed by atoms with Crippen molar-refractivity contribution in [2.24, 2.45) is 11.1 Å². The molecule has 7 heteroatoms. The van der Waals surface area contributed by atoms with Crippen LogP contribution in [0.15, 0.2) is 47.6 Å². The first-order chi connectivity index (χ1) is 14.0. The van der Waals surface area contributed by atoms with Crippen molar-refractivity contribution >= 4 is 11.6 Å². The molecule has 0 aliphatic carbocycles. The number of piperidine rings is 1. The number of carbonyl (C=O) groups excluding carboxylic acids is 1. The van der Waals surface area contributed by atoms with Gasteiger partial charge in [-0.1, -0.05) is 23.4 Å². The molecule has 1 N–H and O–H groups in total. The Hall–Kier alpha value is -2.80. The largest absolute Gasteiger partial charge is 0.411 e. The van der Waals surface area contributed by atoms with Gasteiger partial charge in [0.1, 0.15) is 17.3 Å². The summed E-state index contributed by atoms with van der Waals surface area (Å²) < 4.78 is 27.1. The molecule has 0 aromatic heterocycles. The molecule has 1 amide bonds. The van der Waals surface area contributed by atoms with Gasteiger partial charge in [0.05, 0.1) is 0 Å². The van der Waals surface area contributed by atoms with E-state index in [1.165, 1.54) is 6.07 Å². The predicted molar refractivity (Wildman–Crippen MR) is 105 cm³/mol. The lowest BCUT2D eigenvalue weighted by atomic mass is 9.95. The highest BCUT2D eigenvalue weighted by Crippen LogP contribution is 2.26. The van der Waals surface area contributed by atoms with Gasteiger partial charge in [0.25, 0.3) is 5.91 Å². The van der Waals surface area contributed by atoms with Gasteiger partial charge in [-0.3, -0.25) is 9.69 Å². The average molecular weight is 399 g/mol. The summed E-state index contributed by atoms with van der Waals surface area (Å²) in [4.78, 5) is 16.5. The third kappa shape index (κ3) is 4.15. The third-order valence-electron chi connectivity index (χ3n) is 5.82. The maximum atomic E-state index is 14.0. The van der Waals surface area contributed by atoms with Crippen LogP contribution < -0.4 is 0 Å². The molecule has 0 saturated carbocycles. The second-order valence-electron chi connectivity index (χ2n) is 7.73. The fraction of sp³-hybridized carbons (Fsp3) is 0.364. The van der Waals surface area contributed by atoms with E-state index in [-0.39, 0.29) is 17.2 Å². The lowest BCUT2D eigenvalue weighted by molar-refractivity contribution is 0.0719. The van der Waals surface area contributed by atoms with Gasteiger partial charge in [-0.15, -0.1) is 0 Å². The molecule has 0 bridgehead atoms.